The van der Waals surface area contributed by atoms with Gasteiger partial charge in [0.1, 0.15) is 0 Å². The van der Waals surface area contributed by atoms with Gasteiger partial charge < -0.3 is 10.6 Å². The highest BCUT2D eigenvalue weighted by molar-refractivity contribution is 5.39. The largest absolute Gasteiger partial charge is 0.384 e. The van der Waals surface area contributed by atoms with Crippen LogP contribution >= 0.6 is 0 Å². The van der Waals surface area contributed by atoms with Crippen LogP contribution in [-0.4, -0.2) is 24.6 Å². The first kappa shape index (κ1) is 10.4. The number of nitrogens with one attached hydrogen (secondary N) is 2. The number of aromatic nitrogens is 1. The summed E-state index contributed by atoms with van der Waals surface area (Å²) in [7, 11) is 0. The summed E-state index contributed by atoms with van der Waals surface area (Å²) in [6.07, 6.45) is 7.64. The molecule has 2 N–H and O–H groups in total. The summed E-state index contributed by atoms with van der Waals surface area (Å²) in [4.78, 5) is 4.08. The van der Waals surface area contributed by atoms with E-state index < -0.39 is 0 Å². The second kappa shape index (κ2) is 5.71. The van der Waals surface area contributed by atoms with Crippen molar-refractivity contribution < 1.29 is 0 Å². The van der Waals surface area contributed by atoms with Crippen LogP contribution in [0.25, 0.3) is 0 Å². The topological polar surface area (TPSA) is 37.0 Å². The molecule has 0 aromatic carbocycles. The summed E-state index contributed by atoms with van der Waals surface area (Å²) >= 11 is 0. The summed E-state index contributed by atoms with van der Waals surface area (Å²) in [5, 5.41) is 6.85. The van der Waals surface area contributed by atoms with Crippen LogP contribution in [0.5, 0.6) is 0 Å². The molecule has 0 amide bonds. The molecule has 3 heteroatoms. The Labute approximate surface area is 91.3 Å². The molecule has 1 aromatic rings. The Hall–Kier alpha value is -1.09. The van der Waals surface area contributed by atoms with E-state index in [9.17, 15) is 0 Å². The molecule has 82 valence electrons. The standard InChI is InChI=1S/C12H19N3/c1-3-11(9-13-6-1)5-8-15-12-4-2-7-14-10-12/h2,4,7,10-11,13,15H,1,3,5-6,8-9H2. The molecule has 0 saturated carbocycles. The molecule has 1 aromatic heterocycles. The molecule has 3 nitrogen and oxygen atoms in total. The number of nitrogens with zero attached hydrogens (tertiary/aromatic N) is 1. The van der Waals surface area contributed by atoms with Crippen molar-refractivity contribution in [2.45, 2.75) is 19.3 Å². The van der Waals surface area contributed by atoms with Crippen molar-refractivity contribution in [1.82, 2.24) is 10.3 Å². The predicted molar refractivity (Wildman–Crippen MR) is 62.9 cm³/mol. The van der Waals surface area contributed by atoms with Crippen molar-refractivity contribution in [2.24, 2.45) is 5.92 Å². The van der Waals surface area contributed by atoms with Crippen LogP contribution in [0.2, 0.25) is 0 Å². The number of rotatable bonds is 4. The third-order valence-corrected chi connectivity index (χ3v) is 2.94. The quantitative estimate of drug-likeness (QED) is 0.788. The minimum absolute atomic E-state index is 0.850. The molecule has 0 radical (unpaired) electrons. The second-order valence-electron chi connectivity index (χ2n) is 4.17. The van der Waals surface area contributed by atoms with Crippen molar-refractivity contribution in [3.8, 4) is 0 Å². The van der Waals surface area contributed by atoms with Crippen LogP contribution in [0.1, 0.15) is 19.3 Å². The van der Waals surface area contributed by atoms with Gasteiger partial charge in [-0.25, -0.2) is 0 Å². The van der Waals surface area contributed by atoms with Crippen molar-refractivity contribution in [3.05, 3.63) is 24.5 Å². The number of piperidine rings is 1. The fourth-order valence-electron chi connectivity index (χ4n) is 2.06. The Bertz CT molecular complexity index is 267. The van der Waals surface area contributed by atoms with Gasteiger partial charge in [0.15, 0.2) is 0 Å². The summed E-state index contributed by atoms with van der Waals surface area (Å²) in [5.74, 6) is 0.850. The summed E-state index contributed by atoms with van der Waals surface area (Å²) in [6.45, 7) is 3.44. The highest BCUT2D eigenvalue weighted by Crippen LogP contribution is 2.14. The van der Waals surface area contributed by atoms with E-state index in [1.807, 2.05) is 12.3 Å². The first-order valence-electron chi connectivity index (χ1n) is 5.80. The van der Waals surface area contributed by atoms with E-state index in [2.05, 4.69) is 21.7 Å². The lowest BCUT2D eigenvalue weighted by molar-refractivity contribution is 0.364. The monoisotopic (exact) mass is 205 g/mol. The zero-order chi connectivity index (χ0) is 10.3. The highest BCUT2D eigenvalue weighted by atomic mass is 14.9. The van der Waals surface area contributed by atoms with E-state index >= 15 is 0 Å². The molecule has 1 unspecified atom stereocenters. The smallest absolute Gasteiger partial charge is 0.0526 e. The lowest BCUT2D eigenvalue weighted by Gasteiger charge is -2.22. The first-order valence-corrected chi connectivity index (χ1v) is 5.80. The SMILES string of the molecule is c1cncc(NCCC2CCCNC2)c1. The number of hydrogen-bond donors (Lipinski definition) is 2. The molecule has 0 bridgehead atoms. The van der Waals surface area contributed by atoms with Gasteiger partial charge in [-0.05, 0) is 50.4 Å². The Morgan fingerprint density at radius 2 is 2.53 bits per heavy atom. The molecular formula is C12H19N3. The molecule has 1 fully saturated rings. The average Bonchev–Trinajstić information content (AvgIpc) is 2.32. The zero-order valence-corrected chi connectivity index (χ0v) is 9.08. The maximum Gasteiger partial charge on any atom is 0.0526 e. The van der Waals surface area contributed by atoms with Crippen molar-refractivity contribution >= 4 is 5.69 Å². The molecule has 2 heterocycles. The average molecular weight is 205 g/mol. The fraction of sp³-hybridized carbons (Fsp3) is 0.583. The third kappa shape index (κ3) is 3.51. The van der Waals surface area contributed by atoms with Gasteiger partial charge in [-0.2, -0.15) is 0 Å². The zero-order valence-electron chi connectivity index (χ0n) is 9.08. The van der Waals surface area contributed by atoms with Crippen LogP contribution in [0.3, 0.4) is 0 Å². The van der Waals surface area contributed by atoms with Crippen LogP contribution in [-0.2, 0) is 0 Å². The van der Waals surface area contributed by atoms with Gasteiger partial charge >= 0.3 is 0 Å². The van der Waals surface area contributed by atoms with Crippen LogP contribution in [0.4, 0.5) is 5.69 Å². The number of hydrogen-bond acceptors (Lipinski definition) is 3. The second-order valence-corrected chi connectivity index (χ2v) is 4.17. The Morgan fingerprint density at radius 3 is 3.27 bits per heavy atom. The molecule has 2 rings (SSSR count). The summed E-state index contributed by atoms with van der Waals surface area (Å²) in [6, 6.07) is 4.02. The van der Waals surface area contributed by atoms with Gasteiger partial charge in [-0.3, -0.25) is 4.98 Å². The minimum Gasteiger partial charge on any atom is -0.384 e. The van der Waals surface area contributed by atoms with Crippen molar-refractivity contribution in [1.29, 1.82) is 0 Å². The Balaban J connectivity index is 1.66. The molecular weight excluding hydrogens is 186 g/mol. The molecule has 1 saturated heterocycles. The molecule has 1 aliphatic heterocycles. The van der Waals surface area contributed by atoms with E-state index in [-0.39, 0.29) is 0 Å². The van der Waals surface area contributed by atoms with Crippen LogP contribution in [0.15, 0.2) is 24.5 Å². The molecule has 0 aliphatic carbocycles. The molecule has 1 atom stereocenters. The van der Waals surface area contributed by atoms with Crippen LogP contribution in [0, 0.1) is 5.92 Å². The van der Waals surface area contributed by atoms with E-state index in [1.165, 1.54) is 32.4 Å². The van der Waals surface area contributed by atoms with Gasteiger partial charge in [-0.1, -0.05) is 0 Å². The molecule has 0 spiro atoms. The van der Waals surface area contributed by atoms with Gasteiger partial charge in [0.2, 0.25) is 0 Å². The van der Waals surface area contributed by atoms with E-state index in [0.29, 0.717) is 0 Å². The Morgan fingerprint density at radius 1 is 1.53 bits per heavy atom. The van der Waals surface area contributed by atoms with Crippen LogP contribution < -0.4 is 10.6 Å². The fourth-order valence-corrected chi connectivity index (χ4v) is 2.06. The molecule has 1 aliphatic rings. The number of anilines is 1. The predicted octanol–water partition coefficient (Wildman–Crippen LogP) is 1.88. The number of pyridine rings is 1. The van der Waals surface area contributed by atoms with Crippen molar-refractivity contribution in [3.63, 3.8) is 0 Å². The summed E-state index contributed by atoms with van der Waals surface area (Å²) in [5.41, 5.74) is 1.13. The normalized spacial score (nSPS) is 21.2. The Kier molecular flexibility index (Phi) is 3.97. The first-order chi connectivity index (χ1) is 7.45. The molecule has 15 heavy (non-hydrogen) atoms. The van der Waals surface area contributed by atoms with Gasteiger partial charge in [0.05, 0.1) is 5.69 Å². The van der Waals surface area contributed by atoms with E-state index in [0.717, 1.165) is 18.2 Å². The summed E-state index contributed by atoms with van der Waals surface area (Å²) < 4.78 is 0. The van der Waals surface area contributed by atoms with Gasteiger partial charge in [0.25, 0.3) is 0 Å². The lowest BCUT2D eigenvalue weighted by atomic mass is 9.96. The van der Waals surface area contributed by atoms with E-state index in [4.69, 9.17) is 0 Å². The maximum absolute atomic E-state index is 4.08. The third-order valence-electron chi connectivity index (χ3n) is 2.94. The minimum atomic E-state index is 0.850. The van der Waals surface area contributed by atoms with Gasteiger partial charge in [0, 0.05) is 18.9 Å². The highest BCUT2D eigenvalue weighted by Gasteiger charge is 2.11. The maximum atomic E-state index is 4.08. The lowest BCUT2D eigenvalue weighted by Crippen LogP contribution is -2.30. The van der Waals surface area contributed by atoms with Crippen molar-refractivity contribution in [2.75, 3.05) is 25.0 Å². The van der Waals surface area contributed by atoms with Gasteiger partial charge in [-0.15, -0.1) is 0 Å². The van der Waals surface area contributed by atoms with E-state index in [1.54, 1.807) is 6.20 Å².